The van der Waals surface area contributed by atoms with Crippen LogP contribution in [0.5, 0.6) is 0 Å². The molecule has 0 spiro atoms. The van der Waals surface area contributed by atoms with E-state index in [2.05, 4.69) is 16.4 Å². The summed E-state index contributed by atoms with van der Waals surface area (Å²) in [5.74, 6) is 0.634. The van der Waals surface area contributed by atoms with Gasteiger partial charge in [0.1, 0.15) is 5.01 Å². The first-order chi connectivity index (χ1) is 11.7. The quantitative estimate of drug-likeness (QED) is 0.501. The second-order valence-corrected chi connectivity index (χ2v) is 7.81. The minimum absolute atomic E-state index is 0.626. The summed E-state index contributed by atoms with van der Waals surface area (Å²) in [6, 6.07) is 7.67. The molecular formula is C19H16Cl2N2S. The van der Waals surface area contributed by atoms with Crippen molar-refractivity contribution in [2.45, 2.75) is 31.6 Å². The summed E-state index contributed by atoms with van der Waals surface area (Å²) in [6.07, 6.45) is 8.99. The highest BCUT2D eigenvalue weighted by Crippen LogP contribution is 2.40. The van der Waals surface area contributed by atoms with Gasteiger partial charge in [-0.1, -0.05) is 36.0 Å². The first-order valence-corrected chi connectivity index (χ1v) is 9.71. The molecule has 4 rings (SSSR count). The number of pyridine rings is 1. The number of halogens is 2. The molecule has 1 fully saturated rings. The third kappa shape index (κ3) is 3.08. The topological polar surface area (TPSA) is 25.8 Å². The van der Waals surface area contributed by atoms with E-state index in [1.165, 1.54) is 31.2 Å². The summed E-state index contributed by atoms with van der Waals surface area (Å²) >= 11 is 14.0. The number of aromatic nitrogens is 2. The van der Waals surface area contributed by atoms with Gasteiger partial charge < -0.3 is 0 Å². The van der Waals surface area contributed by atoms with Gasteiger partial charge in [-0.05, 0) is 48.6 Å². The van der Waals surface area contributed by atoms with Crippen LogP contribution in [0.2, 0.25) is 10.0 Å². The first-order valence-electron chi connectivity index (χ1n) is 8.07. The summed E-state index contributed by atoms with van der Waals surface area (Å²) in [4.78, 5) is 9.15. The second kappa shape index (κ2) is 6.83. The van der Waals surface area contributed by atoms with Gasteiger partial charge in [-0.25, -0.2) is 4.98 Å². The third-order valence-electron chi connectivity index (χ3n) is 4.59. The van der Waals surface area contributed by atoms with Crippen molar-refractivity contribution in [3.05, 3.63) is 57.6 Å². The number of hydrogen-bond donors (Lipinski definition) is 0. The third-order valence-corrected chi connectivity index (χ3v) is 6.01. The molecule has 3 aromatic rings. The molecule has 0 N–H and O–H groups in total. The lowest BCUT2D eigenvalue weighted by molar-refractivity contribution is 0.723. The van der Waals surface area contributed by atoms with Gasteiger partial charge in [-0.2, -0.15) is 0 Å². The van der Waals surface area contributed by atoms with Crippen LogP contribution >= 0.6 is 34.5 Å². The van der Waals surface area contributed by atoms with Crippen LogP contribution in [0.25, 0.3) is 21.8 Å². The molecule has 0 bridgehead atoms. The molecule has 0 unspecified atom stereocenters. The Morgan fingerprint density at radius 2 is 1.88 bits per heavy atom. The van der Waals surface area contributed by atoms with E-state index in [4.69, 9.17) is 28.2 Å². The minimum Gasteiger partial charge on any atom is -0.264 e. The van der Waals surface area contributed by atoms with E-state index in [0.29, 0.717) is 16.0 Å². The van der Waals surface area contributed by atoms with Crippen LogP contribution in [0.3, 0.4) is 0 Å². The highest BCUT2D eigenvalue weighted by molar-refractivity contribution is 7.13. The molecule has 0 atom stereocenters. The van der Waals surface area contributed by atoms with E-state index in [-0.39, 0.29) is 0 Å². The standard InChI is InChI=1S/C19H16Cl2N2S/c20-13-5-6-15(17(21)9-13)18-11-24-19(23-18)16-10-22-8-7-14(16)12-3-1-2-4-12/h5-12H,1-4H2. The molecule has 1 aromatic carbocycles. The number of rotatable bonds is 3. The maximum absolute atomic E-state index is 6.32. The van der Waals surface area contributed by atoms with E-state index >= 15 is 0 Å². The maximum Gasteiger partial charge on any atom is 0.125 e. The van der Waals surface area contributed by atoms with E-state index in [9.17, 15) is 0 Å². The smallest absolute Gasteiger partial charge is 0.125 e. The number of hydrogen-bond acceptors (Lipinski definition) is 3. The zero-order valence-corrected chi connectivity index (χ0v) is 15.3. The lowest BCUT2D eigenvalue weighted by Crippen LogP contribution is -1.96. The van der Waals surface area contributed by atoms with Crippen molar-refractivity contribution in [1.29, 1.82) is 0 Å². The number of nitrogens with zero attached hydrogens (tertiary/aromatic N) is 2. The van der Waals surface area contributed by atoms with Crippen molar-refractivity contribution in [3.8, 4) is 21.8 Å². The van der Waals surface area contributed by atoms with Crippen LogP contribution in [-0.2, 0) is 0 Å². The zero-order chi connectivity index (χ0) is 16.5. The predicted molar refractivity (Wildman–Crippen MR) is 102 cm³/mol. The van der Waals surface area contributed by atoms with Gasteiger partial charge in [-0.3, -0.25) is 4.98 Å². The molecule has 0 aliphatic heterocycles. The van der Waals surface area contributed by atoms with Crippen LogP contribution in [0.1, 0.15) is 37.2 Å². The fourth-order valence-corrected chi connectivity index (χ4v) is 4.75. The Bertz CT molecular complexity index is 869. The van der Waals surface area contributed by atoms with E-state index in [0.717, 1.165) is 21.8 Å². The van der Waals surface area contributed by atoms with Crippen LogP contribution in [0.4, 0.5) is 0 Å². The summed E-state index contributed by atoms with van der Waals surface area (Å²) in [5, 5.41) is 4.32. The summed E-state index contributed by atoms with van der Waals surface area (Å²) in [6.45, 7) is 0. The Balaban J connectivity index is 1.73. The number of benzene rings is 1. The molecule has 0 radical (unpaired) electrons. The van der Waals surface area contributed by atoms with Crippen molar-refractivity contribution in [1.82, 2.24) is 9.97 Å². The van der Waals surface area contributed by atoms with Crippen molar-refractivity contribution in [2.24, 2.45) is 0 Å². The van der Waals surface area contributed by atoms with Gasteiger partial charge in [0.05, 0.1) is 10.7 Å². The molecule has 24 heavy (non-hydrogen) atoms. The van der Waals surface area contributed by atoms with Crippen LogP contribution in [-0.4, -0.2) is 9.97 Å². The summed E-state index contributed by atoms with van der Waals surface area (Å²) in [7, 11) is 0. The average molecular weight is 375 g/mol. The fourth-order valence-electron chi connectivity index (χ4n) is 3.40. The highest BCUT2D eigenvalue weighted by atomic mass is 35.5. The molecule has 2 heterocycles. The Morgan fingerprint density at radius 1 is 1.04 bits per heavy atom. The van der Waals surface area contributed by atoms with Crippen LogP contribution in [0, 0.1) is 0 Å². The minimum atomic E-state index is 0.626. The largest absolute Gasteiger partial charge is 0.264 e. The molecule has 0 amide bonds. The Kier molecular flexibility index (Phi) is 4.57. The fraction of sp³-hybridized carbons (Fsp3) is 0.263. The lowest BCUT2D eigenvalue weighted by atomic mass is 9.95. The summed E-state index contributed by atoms with van der Waals surface area (Å²) in [5.41, 5.74) is 4.34. The summed E-state index contributed by atoms with van der Waals surface area (Å²) < 4.78 is 0. The van der Waals surface area contributed by atoms with Crippen LogP contribution in [0.15, 0.2) is 42.0 Å². The molecule has 1 aliphatic carbocycles. The van der Waals surface area contributed by atoms with Gasteiger partial charge in [0, 0.05) is 33.9 Å². The normalized spacial score (nSPS) is 15.1. The van der Waals surface area contributed by atoms with Gasteiger partial charge >= 0.3 is 0 Å². The second-order valence-electron chi connectivity index (χ2n) is 6.11. The first kappa shape index (κ1) is 16.1. The Labute approximate surface area is 155 Å². The van der Waals surface area contributed by atoms with Gasteiger partial charge in [0.25, 0.3) is 0 Å². The van der Waals surface area contributed by atoms with Gasteiger partial charge in [-0.15, -0.1) is 11.3 Å². The van der Waals surface area contributed by atoms with E-state index in [1.54, 1.807) is 17.4 Å². The zero-order valence-electron chi connectivity index (χ0n) is 13.0. The molecule has 0 saturated heterocycles. The van der Waals surface area contributed by atoms with Gasteiger partial charge in [0.15, 0.2) is 0 Å². The lowest BCUT2D eigenvalue weighted by Gasteiger charge is -2.13. The molecule has 122 valence electrons. The average Bonchev–Trinajstić information content (AvgIpc) is 3.27. The predicted octanol–water partition coefficient (Wildman–Crippen LogP) is 6.84. The maximum atomic E-state index is 6.32. The molecule has 1 aliphatic rings. The van der Waals surface area contributed by atoms with Crippen LogP contribution < -0.4 is 0 Å². The Hall–Kier alpha value is -1.42. The van der Waals surface area contributed by atoms with E-state index < -0.39 is 0 Å². The van der Waals surface area contributed by atoms with E-state index in [1.807, 2.05) is 24.5 Å². The molecule has 1 saturated carbocycles. The Morgan fingerprint density at radius 3 is 2.67 bits per heavy atom. The van der Waals surface area contributed by atoms with Crippen molar-refractivity contribution >= 4 is 34.5 Å². The van der Waals surface area contributed by atoms with Crippen molar-refractivity contribution in [2.75, 3.05) is 0 Å². The van der Waals surface area contributed by atoms with Gasteiger partial charge in [0.2, 0.25) is 0 Å². The molecular weight excluding hydrogens is 359 g/mol. The van der Waals surface area contributed by atoms with Crippen molar-refractivity contribution in [3.63, 3.8) is 0 Å². The monoisotopic (exact) mass is 374 g/mol. The highest BCUT2D eigenvalue weighted by Gasteiger charge is 2.22. The molecule has 2 aromatic heterocycles. The van der Waals surface area contributed by atoms with Crippen molar-refractivity contribution < 1.29 is 0 Å². The number of thiazole rings is 1. The SMILES string of the molecule is Clc1ccc(-c2csc(-c3cnccc3C3CCCC3)n2)c(Cl)c1. The molecule has 2 nitrogen and oxygen atoms in total. The molecule has 5 heteroatoms.